The molecule has 1 aliphatic heterocycles. The fourth-order valence-electron chi connectivity index (χ4n) is 3.50. The van der Waals surface area contributed by atoms with Crippen LogP contribution in [0.2, 0.25) is 0 Å². The Morgan fingerprint density at radius 1 is 1.00 bits per heavy atom. The summed E-state index contributed by atoms with van der Waals surface area (Å²) in [6.45, 7) is 3.98. The summed E-state index contributed by atoms with van der Waals surface area (Å²) in [6.07, 6.45) is 0. The third kappa shape index (κ3) is 5.26. The van der Waals surface area contributed by atoms with Crippen LogP contribution in [0.5, 0.6) is 0 Å². The Labute approximate surface area is 190 Å². The SMILES string of the molecule is CC(C)NC(=O)c1ccc(N2CCN(S(=O)(=O)c3cccc([N+](=O)[O-])c3)CC2)c([N+](=O)[O-])c1. The summed E-state index contributed by atoms with van der Waals surface area (Å²) in [6, 6.07) is 8.87. The van der Waals surface area contributed by atoms with Gasteiger partial charge in [0.15, 0.2) is 0 Å². The quantitative estimate of drug-likeness (QED) is 0.470. The van der Waals surface area contributed by atoms with Gasteiger partial charge in [0.05, 0.1) is 14.7 Å². The van der Waals surface area contributed by atoms with E-state index in [9.17, 15) is 33.4 Å². The summed E-state index contributed by atoms with van der Waals surface area (Å²) in [7, 11) is -3.96. The number of nitrogens with one attached hydrogen (secondary N) is 1. The minimum Gasteiger partial charge on any atom is -0.363 e. The highest BCUT2D eigenvalue weighted by atomic mass is 32.2. The lowest BCUT2D eigenvalue weighted by atomic mass is 10.1. The number of sulfonamides is 1. The van der Waals surface area contributed by atoms with Gasteiger partial charge in [0.25, 0.3) is 17.3 Å². The van der Waals surface area contributed by atoms with Gasteiger partial charge in [-0.2, -0.15) is 4.31 Å². The lowest BCUT2D eigenvalue weighted by Crippen LogP contribution is -2.48. The van der Waals surface area contributed by atoms with E-state index in [-0.39, 0.29) is 59.7 Å². The molecule has 0 radical (unpaired) electrons. The number of benzene rings is 2. The number of rotatable bonds is 7. The topological polar surface area (TPSA) is 156 Å². The second-order valence-corrected chi connectivity index (χ2v) is 9.67. The van der Waals surface area contributed by atoms with Crippen molar-refractivity contribution >= 4 is 33.0 Å². The van der Waals surface area contributed by atoms with Crippen molar-refractivity contribution in [1.29, 1.82) is 0 Å². The summed E-state index contributed by atoms with van der Waals surface area (Å²) >= 11 is 0. The molecular formula is C20H23N5O7S. The molecule has 1 saturated heterocycles. The molecule has 176 valence electrons. The van der Waals surface area contributed by atoms with Crippen LogP contribution in [0, 0.1) is 20.2 Å². The van der Waals surface area contributed by atoms with Crippen molar-refractivity contribution in [3.05, 3.63) is 68.3 Å². The first-order valence-corrected chi connectivity index (χ1v) is 11.5. The van der Waals surface area contributed by atoms with Gasteiger partial charge in [-0.25, -0.2) is 8.42 Å². The van der Waals surface area contributed by atoms with Gasteiger partial charge in [0.1, 0.15) is 5.69 Å². The van der Waals surface area contributed by atoms with Crippen LogP contribution >= 0.6 is 0 Å². The lowest BCUT2D eigenvalue weighted by molar-refractivity contribution is -0.385. The van der Waals surface area contributed by atoms with Crippen LogP contribution in [0.15, 0.2) is 47.4 Å². The maximum atomic E-state index is 12.9. The minimum absolute atomic E-state index is 0.0395. The fraction of sp³-hybridized carbons (Fsp3) is 0.350. The molecule has 2 aromatic carbocycles. The predicted octanol–water partition coefficient (Wildman–Crippen LogP) is 2.15. The average Bonchev–Trinajstić information content (AvgIpc) is 2.78. The average molecular weight is 477 g/mol. The number of nitro benzene ring substituents is 2. The summed E-state index contributed by atoms with van der Waals surface area (Å²) in [4.78, 5) is 35.1. The van der Waals surface area contributed by atoms with E-state index in [0.717, 1.165) is 6.07 Å². The molecule has 3 rings (SSSR count). The van der Waals surface area contributed by atoms with E-state index in [1.807, 2.05) is 0 Å². The molecule has 1 amide bonds. The van der Waals surface area contributed by atoms with Crippen LogP contribution in [0.25, 0.3) is 0 Å². The Morgan fingerprint density at radius 3 is 2.24 bits per heavy atom. The third-order valence-electron chi connectivity index (χ3n) is 5.10. The highest BCUT2D eigenvalue weighted by Gasteiger charge is 2.31. The van der Waals surface area contributed by atoms with Crippen molar-refractivity contribution in [2.45, 2.75) is 24.8 Å². The van der Waals surface area contributed by atoms with Gasteiger partial charge in [-0.15, -0.1) is 0 Å². The molecule has 0 spiro atoms. The predicted molar refractivity (Wildman–Crippen MR) is 120 cm³/mol. The smallest absolute Gasteiger partial charge is 0.293 e. The Hall–Kier alpha value is -3.58. The summed E-state index contributed by atoms with van der Waals surface area (Å²) < 4.78 is 27.0. The number of anilines is 1. The Morgan fingerprint density at radius 2 is 1.67 bits per heavy atom. The van der Waals surface area contributed by atoms with E-state index in [4.69, 9.17) is 0 Å². The van der Waals surface area contributed by atoms with Gasteiger partial charge >= 0.3 is 0 Å². The standard InChI is InChI=1S/C20H23N5O7S/c1-14(2)21-20(26)15-6-7-18(19(12-15)25(29)30)22-8-10-23(11-9-22)33(31,32)17-5-3-4-16(13-17)24(27)28/h3-7,12-14H,8-11H2,1-2H3,(H,21,26). The first-order chi connectivity index (χ1) is 15.5. The zero-order chi connectivity index (χ0) is 24.3. The van der Waals surface area contributed by atoms with Crippen molar-refractivity contribution in [3.8, 4) is 0 Å². The Kier molecular flexibility index (Phi) is 6.93. The zero-order valence-corrected chi connectivity index (χ0v) is 18.8. The van der Waals surface area contributed by atoms with Gasteiger partial charge in [-0.05, 0) is 32.0 Å². The van der Waals surface area contributed by atoms with E-state index in [2.05, 4.69) is 5.32 Å². The molecule has 33 heavy (non-hydrogen) atoms. The second kappa shape index (κ2) is 9.50. The molecule has 1 fully saturated rings. The summed E-state index contributed by atoms with van der Waals surface area (Å²) in [5.74, 6) is -0.424. The molecule has 0 bridgehead atoms. The van der Waals surface area contributed by atoms with E-state index in [1.54, 1.807) is 18.7 Å². The van der Waals surface area contributed by atoms with Gasteiger partial charge in [-0.3, -0.25) is 25.0 Å². The molecular weight excluding hydrogens is 454 g/mol. The van der Waals surface area contributed by atoms with Crippen LogP contribution in [0.1, 0.15) is 24.2 Å². The largest absolute Gasteiger partial charge is 0.363 e. The Bertz CT molecular complexity index is 1190. The van der Waals surface area contributed by atoms with E-state index >= 15 is 0 Å². The van der Waals surface area contributed by atoms with Crippen LogP contribution in [0.4, 0.5) is 17.1 Å². The molecule has 1 heterocycles. The number of carbonyl (C=O) groups is 1. The molecule has 0 atom stereocenters. The fourth-order valence-corrected chi connectivity index (χ4v) is 4.96. The van der Waals surface area contributed by atoms with Crippen LogP contribution in [0.3, 0.4) is 0 Å². The number of nitro groups is 2. The molecule has 1 N–H and O–H groups in total. The number of piperazine rings is 1. The van der Waals surface area contributed by atoms with Crippen molar-refractivity contribution in [3.63, 3.8) is 0 Å². The first kappa shape index (κ1) is 24.1. The van der Waals surface area contributed by atoms with E-state index in [1.165, 1.54) is 40.7 Å². The van der Waals surface area contributed by atoms with Gasteiger partial charge in [0.2, 0.25) is 10.0 Å². The summed E-state index contributed by atoms with van der Waals surface area (Å²) in [5, 5.41) is 25.3. The summed E-state index contributed by atoms with van der Waals surface area (Å²) in [5.41, 5.74) is -0.132. The zero-order valence-electron chi connectivity index (χ0n) is 18.0. The molecule has 0 aliphatic carbocycles. The monoisotopic (exact) mass is 477 g/mol. The molecule has 0 saturated carbocycles. The van der Waals surface area contributed by atoms with Crippen molar-refractivity contribution in [2.75, 3.05) is 31.1 Å². The second-order valence-electron chi connectivity index (χ2n) is 7.73. The minimum atomic E-state index is -3.96. The van der Waals surface area contributed by atoms with Crippen LogP contribution < -0.4 is 10.2 Å². The maximum absolute atomic E-state index is 12.9. The number of non-ortho nitro benzene ring substituents is 1. The number of carbonyl (C=O) groups excluding carboxylic acids is 1. The molecule has 12 nitrogen and oxygen atoms in total. The molecule has 2 aromatic rings. The highest BCUT2D eigenvalue weighted by Crippen LogP contribution is 2.31. The van der Waals surface area contributed by atoms with Crippen molar-refractivity contribution < 1.29 is 23.1 Å². The Balaban J connectivity index is 1.79. The number of hydrogen-bond donors (Lipinski definition) is 1. The van der Waals surface area contributed by atoms with Crippen LogP contribution in [-0.4, -0.2) is 60.7 Å². The van der Waals surface area contributed by atoms with Gasteiger partial charge < -0.3 is 10.2 Å². The van der Waals surface area contributed by atoms with Gasteiger partial charge in [0, 0.05) is 56.0 Å². The molecule has 13 heteroatoms. The van der Waals surface area contributed by atoms with Gasteiger partial charge in [-0.1, -0.05) is 6.07 Å². The van der Waals surface area contributed by atoms with E-state index in [0.29, 0.717) is 0 Å². The highest BCUT2D eigenvalue weighted by molar-refractivity contribution is 7.89. The number of hydrogen-bond acceptors (Lipinski definition) is 8. The maximum Gasteiger partial charge on any atom is 0.293 e. The molecule has 0 aromatic heterocycles. The lowest BCUT2D eigenvalue weighted by Gasteiger charge is -2.35. The van der Waals surface area contributed by atoms with Crippen molar-refractivity contribution in [1.82, 2.24) is 9.62 Å². The normalized spacial score (nSPS) is 14.8. The van der Waals surface area contributed by atoms with E-state index < -0.39 is 25.8 Å². The van der Waals surface area contributed by atoms with Crippen molar-refractivity contribution in [2.24, 2.45) is 0 Å². The molecule has 0 unspecified atom stereocenters. The number of amides is 1. The van der Waals surface area contributed by atoms with Crippen LogP contribution in [-0.2, 0) is 10.0 Å². The third-order valence-corrected chi connectivity index (χ3v) is 6.99. The first-order valence-electron chi connectivity index (χ1n) is 10.1. The number of nitrogens with zero attached hydrogens (tertiary/aromatic N) is 4. The molecule has 1 aliphatic rings.